The lowest BCUT2D eigenvalue weighted by molar-refractivity contribution is 0.210. The second-order valence-corrected chi connectivity index (χ2v) is 9.22. The number of nitrogens with two attached hydrogens (primary N) is 1. The van der Waals surface area contributed by atoms with Gasteiger partial charge in [-0.1, -0.05) is 6.07 Å². The maximum Gasteiger partial charge on any atom is 0.156 e. The van der Waals surface area contributed by atoms with Crippen LogP contribution in [-0.2, 0) is 11.8 Å². The van der Waals surface area contributed by atoms with Gasteiger partial charge in [-0.3, -0.25) is 9.67 Å². The number of fused-ring (bicyclic) bond motifs is 1. The van der Waals surface area contributed by atoms with Gasteiger partial charge >= 0.3 is 0 Å². The number of ether oxygens (including phenoxy) is 1. The highest BCUT2D eigenvalue weighted by atomic mass is 19.1. The van der Waals surface area contributed by atoms with E-state index in [0.29, 0.717) is 24.3 Å². The molecule has 0 saturated carbocycles. The molecule has 0 unspecified atom stereocenters. The molecule has 1 fully saturated rings. The summed E-state index contributed by atoms with van der Waals surface area (Å²) >= 11 is 0. The molecular formula is C27H30F2N6O. The Hall–Kier alpha value is -3.56. The SMILES string of the molecule is COCCNc1nn(C)cc1-c1ccc2ncc(-c3cc(F)cc(F)c3)c(N3CCC(N)CC3)c2c1. The zero-order valence-electron chi connectivity index (χ0n) is 20.5. The maximum absolute atomic E-state index is 14.2. The van der Waals surface area contributed by atoms with Gasteiger partial charge in [0.15, 0.2) is 5.82 Å². The van der Waals surface area contributed by atoms with Crippen LogP contribution in [0.5, 0.6) is 0 Å². The van der Waals surface area contributed by atoms with Crippen molar-refractivity contribution in [1.29, 1.82) is 0 Å². The lowest BCUT2D eigenvalue weighted by atomic mass is 9.96. The van der Waals surface area contributed by atoms with Gasteiger partial charge in [0.25, 0.3) is 0 Å². The summed E-state index contributed by atoms with van der Waals surface area (Å²) in [7, 11) is 3.54. The minimum absolute atomic E-state index is 0.149. The lowest BCUT2D eigenvalue weighted by Crippen LogP contribution is -2.40. The molecule has 2 aromatic heterocycles. The van der Waals surface area contributed by atoms with Gasteiger partial charge in [0.2, 0.25) is 0 Å². The quantitative estimate of drug-likeness (QED) is 0.368. The van der Waals surface area contributed by atoms with E-state index in [1.165, 1.54) is 12.1 Å². The van der Waals surface area contributed by atoms with Crippen molar-refractivity contribution in [2.24, 2.45) is 12.8 Å². The minimum atomic E-state index is -0.618. The van der Waals surface area contributed by atoms with Gasteiger partial charge in [0.1, 0.15) is 11.6 Å². The molecule has 0 spiro atoms. The first kappa shape index (κ1) is 24.1. The van der Waals surface area contributed by atoms with Crippen LogP contribution >= 0.6 is 0 Å². The first-order valence-corrected chi connectivity index (χ1v) is 12.1. The number of piperidine rings is 1. The molecule has 0 amide bonds. The second-order valence-electron chi connectivity index (χ2n) is 9.22. The van der Waals surface area contributed by atoms with E-state index in [1.807, 2.05) is 25.4 Å². The van der Waals surface area contributed by atoms with E-state index in [4.69, 9.17) is 10.5 Å². The average molecular weight is 493 g/mol. The van der Waals surface area contributed by atoms with E-state index in [1.54, 1.807) is 18.0 Å². The van der Waals surface area contributed by atoms with Gasteiger partial charge in [-0.15, -0.1) is 0 Å². The molecule has 4 aromatic rings. The molecule has 0 aliphatic carbocycles. The summed E-state index contributed by atoms with van der Waals surface area (Å²) in [6.45, 7) is 2.70. The Kier molecular flexibility index (Phi) is 6.84. The van der Waals surface area contributed by atoms with Crippen molar-refractivity contribution in [3.8, 4) is 22.3 Å². The molecular weight excluding hydrogens is 462 g/mol. The third-order valence-electron chi connectivity index (χ3n) is 6.61. The van der Waals surface area contributed by atoms with Crippen molar-refractivity contribution in [3.63, 3.8) is 0 Å². The summed E-state index contributed by atoms with van der Waals surface area (Å²) in [5, 5.41) is 8.82. The van der Waals surface area contributed by atoms with Crippen LogP contribution in [0.3, 0.4) is 0 Å². The summed E-state index contributed by atoms with van der Waals surface area (Å²) in [5.41, 5.74) is 11.0. The highest BCUT2D eigenvalue weighted by Crippen LogP contribution is 2.40. The van der Waals surface area contributed by atoms with Crippen LogP contribution in [0.25, 0.3) is 33.2 Å². The van der Waals surface area contributed by atoms with E-state index in [0.717, 1.165) is 65.5 Å². The fraction of sp³-hybridized carbons (Fsp3) is 0.333. The van der Waals surface area contributed by atoms with Gasteiger partial charge < -0.3 is 20.7 Å². The van der Waals surface area contributed by atoms with Gasteiger partial charge in [-0.05, 0) is 48.2 Å². The fourth-order valence-electron chi connectivity index (χ4n) is 4.83. The number of nitrogens with zero attached hydrogens (tertiary/aromatic N) is 4. The van der Waals surface area contributed by atoms with Crippen LogP contribution < -0.4 is 16.0 Å². The molecule has 0 atom stereocenters. The molecule has 9 heteroatoms. The number of nitrogens with one attached hydrogen (secondary N) is 1. The normalized spacial score (nSPS) is 14.5. The summed E-state index contributed by atoms with van der Waals surface area (Å²) < 4.78 is 35.3. The van der Waals surface area contributed by atoms with Crippen molar-refractivity contribution < 1.29 is 13.5 Å². The summed E-state index contributed by atoms with van der Waals surface area (Å²) in [5.74, 6) is -0.476. The molecule has 1 aliphatic rings. The molecule has 188 valence electrons. The highest BCUT2D eigenvalue weighted by molar-refractivity contribution is 6.02. The van der Waals surface area contributed by atoms with Crippen molar-refractivity contribution in [1.82, 2.24) is 14.8 Å². The molecule has 7 nitrogen and oxygen atoms in total. The Balaban J connectivity index is 1.68. The molecule has 3 N–H and O–H groups in total. The molecule has 1 aliphatic heterocycles. The van der Waals surface area contributed by atoms with Crippen LogP contribution in [0.15, 0.2) is 48.8 Å². The topological polar surface area (TPSA) is 81.2 Å². The van der Waals surface area contributed by atoms with Gasteiger partial charge in [-0.2, -0.15) is 5.10 Å². The van der Waals surface area contributed by atoms with Crippen molar-refractivity contribution in [2.45, 2.75) is 18.9 Å². The van der Waals surface area contributed by atoms with Crippen LogP contribution in [-0.4, -0.2) is 54.2 Å². The largest absolute Gasteiger partial charge is 0.383 e. The highest BCUT2D eigenvalue weighted by Gasteiger charge is 2.23. The number of aromatic nitrogens is 3. The number of pyridine rings is 1. The Morgan fingerprint density at radius 3 is 2.53 bits per heavy atom. The zero-order chi connectivity index (χ0) is 25.2. The Morgan fingerprint density at radius 1 is 1.06 bits per heavy atom. The lowest BCUT2D eigenvalue weighted by Gasteiger charge is -2.34. The van der Waals surface area contributed by atoms with E-state index in [9.17, 15) is 8.78 Å². The van der Waals surface area contributed by atoms with Crippen molar-refractivity contribution >= 4 is 22.4 Å². The van der Waals surface area contributed by atoms with Crippen molar-refractivity contribution in [3.05, 3.63) is 60.4 Å². The standard InChI is InChI=1S/C27H30F2N6O/c1-34-16-24(27(33-34)31-7-10-36-2)17-3-4-25-22(13-17)26(35-8-5-21(30)6-9-35)23(15-32-25)18-11-19(28)14-20(29)12-18/h3-4,11-16,21H,5-10,30H2,1-2H3,(H,31,33). The number of aryl methyl sites for hydroxylation is 1. The number of methoxy groups -OCH3 is 1. The second kappa shape index (κ2) is 10.2. The number of rotatable bonds is 7. The maximum atomic E-state index is 14.2. The van der Waals surface area contributed by atoms with E-state index in [-0.39, 0.29) is 6.04 Å². The Bertz CT molecular complexity index is 1360. The first-order chi connectivity index (χ1) is 17.4. The molecule has 0 radical (unpaired) electrons. The summed E-state index contributed by atoms with van der Waals surface area (Å²) in [4.78, 5) is 6.92. The number of hydrogen-bond donors (Lipinski definition) is 2. The smallest absolute Gasteiger partial charge is 0.156 e. The van der Waals surface area contributed by atoms with E-state index in [2.05, 4.69) is 26.4 Å². The van der Waals surface area contributed by atoms with E-state index < -0.39 is 11.6 Å². The predicted molar refractivity (Wildman–Crippen MR) is 139 cm³/mol. The first-order valence-electron chi connectivity index (χ1n) is 12.1. The number of anilines is 2. The van der Waals surface area contributed by atoms with Gasteiger partial charge in [-0.25, -0.2) is 8.78 Å². The number of hydrogen-bond acceptors (Lipinski definition) is 6. The minimum Gasteiger partial charge on any atom is -0.383 e. The molecule has 2 aromatic carbocycles. The molecule has 3 heterocycles. The number of halogens is 2. The monoisotopic (exact) mass is 492 g/mol. The third-order valence-corrected chi connectivity index (χ3v) is 6.61. The molecule has 36 heavy (non-hydrogen) atoms. The van der Waals surface area contributed by atoms with Crippen LogP contribution in [0.2, 0.25) is 0 Å². The van der Waals surface area contributed by atoms with Crippen molar-refractivity contribution in [2.75, 3.05) is 43.6 Å². The zero-order valence-corrected chi connectivity index (χ0v) is 20.5. The summed E-state index contributed by atoms with van der Waals surface area (Å²) in [6.07, 6.45) is 5.37. The van der Waals surface area contributed by atoms with Gasteiger partial charge in [0, 0.05) is 74.8 Å². The van der Waals surface area contributed by atoms with Crippen LogP contribution in [0.1, 0.15) is 12.8 Å². The molecule has 0 bridgehead atoms. The molecule has 1 saturated heterocycles. The average Bonchev–Trinajstić information content (AvgIpc) is 3.23. The Labute approximate surface area is 208 Å². The third kappa shape index (κ3) is 4.89. The van der Waals surface area contributed by atoms with E-state index >= 15 is 0 Å². The summed E-state index contributed by atoms with van der Waals surface area (Å²) in [6, 6.07) is 9.83. The Morgan fingerprint density at radius 2 is 1.81 bits per heavy atom. The predicted octanol–water partition coefficient (Wildman–Crippen LogP) is 4.57. The van der Waals surface area contributed by atoms with Crippen LogP contribution in [0, 0.1) is 11.6 Å². The molecule has 5 rings (SSSR count). The fourth-order valence-corrected chi connectivity index (χ4v) is 4.83. The van der Waals surface area contributed by atoms with Crippen LogP contribution in [0.4, 0.5) is 20.3 Å². The van der Waals surface area contributed by atoms with Gasteiger partial charge in [0.05, 0.1) is 17.8 Å². The number of benzene rings is 2.